The molecular weight excluding hydrogens is 565 g/mol. The molecule has 0 spiro atoms. The highest BCUT2D eigenvalue weighted by Crippen LogP contribution is 2.47. The first kappa shape index (κ1) is 28.7. The Bertz CT molecular complexity index is 1760. The summed E-state index contributed by atoms with van der Waals surface area (Å²) >= 11 is 0. The summed E-state index contributed by atoms with van der Waals surface area (Å²) in [7, 11) is 0. The van der Waals surface area contributed by atoms with Crippen molar-refractivity contribution < 1.29 is 23.4 Å². The maximum absolute atomic E-state index is 15.9. The van der Waals surface area contributed by atoms with Crippen LogP contribution in [0.25, 0.3) is 27.4 Å². The summed E-state index contributed by atoms with van der Waals surface area (Å²) in [5.74, 6) is -0.307. The van der Waals surface area contributed by atoms with Gasteiger partial charge in [-0.05, 0) is 30.5 Å². The van der Waals surface area contributed by atoms with E-state index in [1.807, 2.05) is 36.4 Å². The fourth-order valence-electron chi connectivity index (χ4n) is 6.26. The maximum atomic E-state index is 15.9. The van der Waals surface area contributed by atoms with Gasteiger partial charge >= 0.3 is 0 Å². The lowest BCUT2D eigenvalue weighted by molar-refractivity contribution is 0.0378. The SMILES string of the molecule is O=C(NCCN1CCOCC1)c1cn2c3c(c(NCCCN4CCOCC4)c(F)cc3c1=O)Oc1c-2ccc2ccccc12. The van der Waals surface area contributed by atoms with E-state index in [9.17, 15) is 9.59 Å². The van der Waals surface area contributed by atoms with Gasteiger partial charge in [0.05, 0.1) is 37.5 Å². The number of amides is 1. The first-order valence-corrected chi connectivity index (χ1v) is 15.3. The summed E-state index contributed by atoms with van der Waals surface area (Å²) < 4.78 is 35.0. The Kier molecular flexibility index (Phi) is 8.18. The third kappa shape index (κ3) is 5.52. The third-order valence-electron chi connectivity index (χ3n) is 8.64. The van der Waals surface area contributed by atoms with Crippen molar-refractivity contribution in [2.24, 2.45) is 0 Å². The molecule has 4 aromatic rings. The number of benzene rings is 3. The van der Waals surface area contributed by atoms with Crippen molar-refractivity contribution >= 4 is 33.3 Å². The molecule has 0 atom stereocenters. The average molecular weight is 602 g/mol. The van der Waals surface area contributed by atoms with E-state index in [-0.39, 0.29) is 22.4 Å². The molecule has 11 heteroatoms. The molecule has 2 saturated heterocycles. The number of nitrogens with zero attached hydrogens (tertiary/aromatic N) is 3. The molecule has 0 bridgehead atoms. The predicted molar refractivity (Wildman–Crippen MR) is 167 cm³/mol. The summed E-state index contributed by atoms with van der Waals surface area (Å²) in [6.07, 6.45) is 2.36. The van der Waals surface area contributed by atoms with Crippen LogP contribution in [-0.2, 0) is 9.47 Å². The van der Waals surface area contributed by atoms with Gasteiger partial charge in [-0.15, -0.1) is 0 Å². The van der Waals surface area contributed by atoms with E-state index in [0.29, 0.717) is 49.8 Å². The van der Waals surface area contributed by atoms with Gasteiger partial charge in [0.1, 0.15) is 16.8 Å². The second kappa shape index (κ2) is 12.5. The van der Waals surface area contributed by atoms with Crippen LogP contribution < -0.4 is 20.8 Å². The number of pyridine rings is 1. The number of hydrogen-bond acceptors (Lipinski definition) is 8. The largest absolute Gasteiger partial charge is 0.450 e. The van der Waals surface area contributed by atoms with Crippen LogP contribution in [0.3, 0.4) is 0 Å². The first-order valence-electron chi connectivity index (χ1n) is 15.3. The van der Waals surface area contributed by atoms with E-state index in [0.717, 1.165) is 63.1 Å². The topological polar surface area (TPSA) is 97.3 Å². The minimum absolute atomic E-state index is 0.0444. The van der Waals surface area contributed by atoms with Crippen molar-refractivity contribution in [2.75, 3.05) is 84.1 Å². The number of rotatable bonds is 9. The molecule has 44 heavy (non-hydrogen) atoms. The van der Waals surface area contributed by atoms with E-state index in [1.54, 1.807) is 10.8 Å². The number of halogens is 1. The summed E-state index contributed by atoms with van der Waals surface area (Å²) in [6.45, 7) is 8.58. The van der Waals surface area contributed by atoms with Crippen molar-refractivity contribution in [3.63, 3.8) is 0 Å². The number of anilines is 1. The fraction of sp³-hybridized carbons (Fsp3) is 0.394. The van der Waals surface area contributed by atoms with Gasteiger partial charge < -0.3 is 29.4 Å². The monoisotopic (exact) mass is 601 g/mol. The maximum Gasteiger partial charge on any atom is 0.256 e. The molecule has 0 aliphatic carbocycles. The minimum Gasteiger partial charge on any atom is -0.450 e. The fourth-order valence-corrected chi connectivity index (χ4v) is 6.26. The van der Waals surface area contributed by atoms with Crippen LogP contribution in [0.2, 0.25) is 0 Å². The lowest BCUT2D eigenvalue weighted by Crippen LogP contribution is -2.42. The van der Waals surface area contributed by atoms with Crippen molar-refractivity contribution in [2.45, 2.75) is 6.42 Å². The van der Waals surface area contributed by atoms with Gasteiger partial charge in [-0.2, -0.15) is 0 Å². The molecule has 1 amide bonds. The molecule has 0 unspecified atom stereocenters. The van der Waals surface area contributed by atoms with E-state index < -0.39 is 17.2 Å². The van der Waals surface area contributed by atoms with Crippen molar-refractivity contribution in [3.05, 3.63) is 70.3 Å². The van der Waals surface area contributed by atoms with Gasteiger partial charge in [0.2, 0.25) is 5.43 Å². The smallest absolute Gasteiger partial charge is 0.256 e. The lowest BCUT2D eigenvalue weighted by atomic mass is 10.0. The molecular formula is C33H36FN5O5. The van der Waals surface area contributed by atoms with Crippen LogP contribution in [0.15, 0.2) is 53.5 Å². The van der Waals surface area contributed by atoms with E-state index >= 15 is 4.39 Å². The Hall–Kier alpha value is -4.03. The number of fused-ring (bicyclic) bond motifs is 4. The summed E-state index contributed by atoms with van der Waals surface area (Å²) in [5, 5.41) is 8.05. The zero-order valence-electron chi connectivity index (χ0n) is 24.6. The molecule has 2 N–H and O–H groups in total. The predicted octanol–water partition coefficient (Wildman–Crippen LogP) is 3.58. The number of carbonyl (C=O) groups is 1. The second-order valence-corrected chi connectivity index (χ2v) is 11.4. The Morgan fingerprint density at radius 3 is 2.36 bits per heavy atom. The van der Waals surface area contributed by atoms with Gasteiger partial charge in [-0.25, -0.2) is 4.39 Å². The summed E-state index contributed by atoms with van der Waals surface area (Å²) in [4.78, 5) is 31.7. The molecule has 230 valence electrons. The average Bonchev–Trinajstić information content (AvgIpc) is 3.06. The standard InChI is InChI=1S/C33H36FN5O5/c34-26-20-24-29-32(28(26)35-8-3-10-37-12-16-42-17-13-37)44-31-23-5-2-1-4-22(23)6-7-27(31)39(29)21-25(30(24)40)33(41)36-9-11-38-14-18-43-19-15-38/h1-2,4-7,20-21,35H,3,8-19H2,(H,36,41). The summed E-state index contributed by atoms with van der Waals surface area (Å²) in [6, 6.07) is 12.9. The van der Waals surface area contributed by atoms with Gasteiger partial charge in [-0.3, -0.25) is 19.4 Å². The number of nitrogens with one attached hydrogen (secondary N) is 2. The molecule has 2 fully saturated rings. The molecule has 1 aromatic heterocycles. The molecule has 0 radical (unpaired) electrons. The molecule has 10 nitrogen and oxygen atoms in total. The van der Waals surface area contributed by atoms with Gasteiger partial charge in [0.15, 0.2) is 17.3 Å². The zero-order chi connectivity index (χ0) is 30.0. The normalized spacial score (nSPS) is 16.9. The van der Waals surface area contributed by atoms with E-state index in [2.05, 4.69) is 20.4 Å². The van der Waals surface area contributed by atoms with Crippen LogP contribution in [0, 0.1) is 5.82 Å². The molecule has 7 rings (SSSR count). The quantitative estimate of drug-likeness (QED) is 0.248. The molecule has 0 saturated carbocycles. The van der Waals surface area contributed by atoms with Crippen LogP contribution in [0.1, 0.15) is 16.8 Å². The third-order valence-corrected chi connectivity index (χ3v) is 8.64. The van der Waals surface area contributed by atoms with Crippen LogP contribution >= 0.6 is 0 Å². The molecule has 3 aromatic carbocycles. The van der Waals surface area contributed by atoms with Gasteiger partial charge in [0, 0.05) is 57.4 Å². The van der Waals surface area contributed by atoms with Crippen LogP contribution in [-0.4, -0.2) is 99.1 Å². The first-order chi connectivity index (χ1) is 21.6. The number of hydrogen-bond donors (Lipinski definition) is 2. The Morgan fingerprint density at radius 1 is 0.864 bits per heavy atom. The van der Waals surface area contributed by atoms with E-state index in [1.165, 1.54) is 6.07 Å². The number of morpholine rings is 2. The Labute approximate surface area is 254 Å². The molecule has 4 heterocycles. The van der Waals surface area contributed by atoms with Gasteiger partial charge in [0.25, 0.3) is 5.91 Å². The van der Waals surface area contributed by atoms with Gasteiger partial charge in [-0.1, -0.05) is 30.3 Å². The van der Waals surface area contributed by atoms with Crippen molar-refractivity contribution in [1.82, 2.24) is 19.7 Å². The highest BCUT2D eigenvalue weighted by molar-refractivity contribution is 6.03. The number of carbonyl (C=O) groups excluding carboxylic acids is 1. The number of aromatic nitrogens is 1. The number of ether oxygens (including phenoxy) is 3. The zero-order valence-corrected chi connectivity index (χ0v) is 24.6. The Balaban J connectivity index is 1.25. The Morgan fingerprint density at radius 2 is 1.59 bits per heavy atom. The van der Waals surface area contributed by atoms with Crippen molar-refractivity contribution in [1.29, 1.82) is 0 Å². The lowest BCUT2D eigenvalue weighted by Gasteiger charge is -2.28. The highest BCUT2D eigenvalue weighted by Gasteiger charge is 2.29. The van der Waals surface area contributed by atoms with Crippen LogP contribution in [0.5, 0.6) is 11.5 Å². The molecule has 3 aliphatic rings. The summed E-state index contributed by atoms with van der Waals surface area (Å²) in [5.41, 5.74) is 0.728. The van der Waals surface area contributed by atoms with Crippen LogP contribution in [0.4, 0.5) is 10.1 Å². The minimum atomic E-state index is -0.601. The highest BCUT2D eigenvalue weighted by atomic mass is 19.1. The van der Waals surface area contributed by atoms with Crippen molar-refractivity contribution in [3.8, 4) is 17.2 Å². The second-order valence-electron chi connectivity index (χ2n) is 11.4. The van der Waals surface area contributed by atoms with E-state index in [4.69, 9.17) is 14.2 Å². The molecule has 3 aliphatic heterocycles.